The lowest BCUT2D eigenvalue weighted by atomic mass is 10.1. The summed E-state index contributed by atoms with van der Waals surface area (Å²) in [4.78, 5) is 14.3. The number of rotatable bonds is 3. The Morgan fingerprint density at radius 3 is 2.54 bits per heavy atom. The van der Waals surface area contributed by atoms with Crippen LogP contribution in [0.1, 0.15) is 0 Å². The van der Waals surface area contributed by atoms with Crippen LogP contribution >= 0.6 is 27.3 Å². The summed E-state index contributed by atoms with van der Waals surface area (Å²) in [5.74, 6) is 0. The highest BCUT2D eigenvalue weighted by atomic mass is 79.9. The standard InChI is InChI=1S/C17H13BrN4O2S2/c1-22-9-21-14(10-3-5-11(18)6-4-10)15(22)13-7-12-16(25-13)19-8-20-17(12)26(2,23)24/h3-9H,1-2H3. The van der Waals surface area contributed by atoms with Gasteiger partial charge in [-0.2, -0.15) is 0 Å². The summed E-state index contributed by atoms with van der Waals surface area (Å²) in [7, 11) is -1.52. The molecule has 0 aliphatic carbocycles. The second kappa shape index (κ2) is 6.26. The number of thiophene rings is 1. The van der Waals surface area contributed by atoms with Crippen LogP contribution in [0.5, 0.6) is 0 Å². The van der Waals surface area contributed by atoms with Gasteiger partial charge in [-0.05, 0) is 18.2 Å². The van der Waals surface area contributed by atoms with Crippen LogP contribution in [-0.4, -0.2) is 34.2 Å². The van der Waals surface area contributed by atoms with Gasteiger partial charge in [0.25, 0.3) is 0 Å². The van der Waals surface area contributed by atoms with E-state index < -0.39 is 9.84 Å². The molecule has 0 aliphatic heterocycles. The normalized spacial score (nSPS) is 12.0. The van der Waals surface area contributed by atoms with Crippen LogP contribution in [0.15, 0.2) is 52.5 Å². The maximum absolute atomic E-state index is 12.0. The summed E-state index contributed by atoms with van der Waals surface area (Å²) in [6, 6.07) is 9.74. The topological polar surface area (TPSA) is 77.7 Å². The average molecular weight is 449 g/mol. The van der Waals surface area contributed by atoms with Crippen molar-refractivity contribution in [3.05, 3.63) is 47.5 Å². The number of halogens is 1. The Bertz CT molecular complexity index is 1230. The minimum atomic E-state index is -3.43. The maximum atomic E-state index is 12.0. The predicted molar refractivity (Wildman–Crippen MR) is 106 cm³/mol. The van der Waals surface area contributed by atoms with Crippen molar-refractivity contribution in [2.45, 2.75) is 5.03 Å². The van der Waals surface area contributed by atoms with Crippen molar-refractivity contribution in [1.82, 2.24) is 19.5 Å². The molecule has 3 aromatic heterocycles. The highest BCUT2D eigenvalue weighted by molar-refractivity contribution is 9.10. The first-order chi connectivity index (χ1) is 12.3. The molecule has 4 aromatic rings. The smallest absolute Gasteiger partial charge is 0.193 e. The number of hydrogen-bond acceptors (Lipinski definition) is 6. The van der Waals surface area contributed by atoms with E-state index in [0.29, 0.717) is 10.2 Å². The zero-order valence-electron chi connectivity index (χ0n) is 13.8. The van der Waals surface area contributed by atoms with Crippen molar-refractivity contribution >= 4 is 47.3 Å². The molecule has 0 N–H and O–H groups in total. The summed E-state index contributed by atoms with van der Waals surface area (Å²) in [6.07, 6.45) is 4.20. The second-order valence-electron chi connectivity index (χ2n) is 5.84. The molecule has 6 nitrogen and oxygen atoms in total. The molecule has 0 amide bonds. The van der Waals surface area contributed by atoms with Gasteiger partial charge >= 0.3 is 0 Å². The molecular weight excluding hydrogens is 436 g/mol. The van der Waals surface area contributed by atoms with Crippen molar-refractivity contribution in [2.24, 2.45) is 7.05 Å². The van der Waals surface area contributed by atoms with E-state index in [1.165, 1.54) is 17.7 Å². The lowest BCUT2D eigenvalue weighted by molar-refractivity contribution is 0.599. The summed E-state index contributed by atoms with van der Waals surface area (Å²) >= 11 is 4.87. The van der Waals surface area contributed by atoms with Crippen molar-refractivity contribution in [3.8, 4) is 21.8 Å². The molecule has 3 heterocycles. The SMILES string of the molecule is Cn1cnc(-c2ccc(Br)cc2)c1-c1cc2c(S(C)(=O)=O)ncnc2s1. The highest BCUT2D eigenvalue weighted by Crippen LogP contribution is 2.38. The molecule has 0 unspecified atom stereocenters. The van der Waals surface area contributed by atoms with E-state index in [1.807, 2.05) is 41.9 Å². The lowest BCUT2D eigenvalue weighted by Gasteiger charge is -2.04. The predicted octanol–water partition coefficient (Wildman–Crippen LogP) is 3.92. The van der Waals surface area contributed by atoms with E-state index in [4.69, 9.17) is 0 Å². The van der Waals surface area contributed by atoms with Gasteiger partial charge in [-0.25, -0.2) is 23.4 Å². The minimum Gasteiger partial charge on any atom is -0.333 e. The fraction of sp³-hybridized carbons (Fsp3) is 0.118. The zero-order chi connectivity index (χ0) is 18.5. The van der Waals surface area contributed by atoms with Crippen LogP contribution in [0, 0.1) is 0 Å². The molecule has 0 radical (unpaired) electrons. The minimum absolute atomic E-state index is 0.0531. The first-order valence-electron chi connectivity index (χ1n) is 7.57. The Labute approximate surface area is 162 Å². The molecule has 9 heteroatoms. The number of aryl methyl sites for hydroxylation is 1. The number of hydrogen-bond donors (Lipinski definition) is 0. The first-order valence-corrected chi connectivity index (χ1v) is 11.1. The summed E-state index contributed by atoms with van der Waals surface area (Å²) in [5.41, 5.74) is 2.73. The molecule has 0 saturated heterocycles. The van der Waals surface area contributed by atoms with Crippen LogP contribution in [0.4, 0.5) is 0 Å². The van der Waals surface area contributed by atoms with Gasteiger partial charge in [0.2, 0.25) is 0 Å². The van der Waals surface area contributed by atoms with Gasteiger partial charge < -0.3 is 4.57 Å². The van der Waals surface area contributed by atoms with Crippen molar-refractivity contribution in [1.29, 1.82) is 0 Å². The summed E-state index contributed by atoms with van der Waals surface area (Å²) < 4.78 is 27.0. The Morgan fingerprint density at radius 1 is 1.12 bits per heavy atom. The van der Waals surface area contributed by atoms with Gasteiger partial charge in [0.15, 0.2) is 14.9 Å². The summed E-state index contributed by atoms with van der Waals surface area (Å²) in [5, 5.41) is 0.593. The third-order valence-electron chi connectivity index (χ3n) is 3.93. The molecule has 0 bridgehead atoms. The number of benzene rings is 1. The Kier molecular flexibility index (Phi) is 4.17. The Hall–Kier alpha value is -2.10. The molecule has 4 rings (SSSR count). The van der Waals surface area contributed by atoms with E-state index in [0.717, 1.165) is 32.6 Å². The Morgan fingerprint density at radius 2 is 1.85 bits per heavy atom. The molecule has 1 aromatic carbocycles. The largest absolute Gasteiger partial charge is 0.333 e. The average Bonchev–Trinajstić information content (AvgIpc) is 3.17. The first kappa shape index (κ1) is 17.3. The third kappa shape index (κ3) is 2.95. The van der Waals surface area contributed by atoms with Crippen LogP contribution in [0.3, 0.4) is 0 Å². The van der Waals surface area contributed by atoms with E-state index in [1.54, 1.807) is 6.33 Å². The fourth-order valence-corrected chi connectivity index (χ4v) is 5.00. The van der Waals surface area contributed by atoms with Crippen molar-refractivity contribution in [3.63, 3.8) is 0 Å². The molecule has 0 atom stereocenters. The quantitative estimate of drug-likeness (QED) is 0.443. The molecule has 0 saturated carbocycles. The maximum Gasteiger partial charge on any atom is 0.193 e. The fourth-order valence-electron chi connectivity index (χ4n) is 2.79. The van der Waals surface area contributed by atoms with Crippen molar-refractivity contribution < 1.29 is 8.42 Å². The van der Waals surface area contributed by atoms with Crippen LogP contribution < -0.4 is 0 Å². The third-order valence-corrected chi connectivity index (χ3v) is 6.54. The summed E-state index contributed by atoms with van der Waals surface area (Å²) in [6.45, 7) is 0. The Balaban J connectivity index is 1.95. The van der Waals surface area contributed by atoms with Gasteiger partial charge in [-0.15, -0.1) is 11.3 Å². The number of aromatic nitrogens is 4. The van der Waals surface area contributed by atoms with Gasteiger partial charge in [-0.3, -0.25) is 0 Å². The van der Waals surface area contributed by atoms with Crippen LogP contribution in [0.25, 0.3) is 32.0 Å². The van der Waals surface area contributed by atoms with E-state index in [-0.39, 0.29) is 5.03 Å². The van der Waals surface area contributed by atoms with Gasteiger partial charge in [-0.1, -0.05) is 28.1 Å². The van der Waals surface area contributed by atoms with Gasteiger partial charge in [0.1, 0.15) is 11.2 Å². The molecule has 0 aliphatic rings. The molecule has 26 heavy (non-hydrogen) atoms. The van der Waals surface area contributed by atoms with Crippen LogP contribution in [-0.2, 0) is 16.9 Å². The highest BCUT2D eigenvalue weighted by Gasteiger charge is 2.20. The van der Waals surface area contributed by atoms with Gasteiger partial charge in [0.05, 0.1) is 22.6 Å². The van der Waals surface area contributed by atoms with E-state index in [9.17, 15) is 8.42 Å². The molecule has 0 fully saturated rings. The van der Waals surface area contributed by atoms with Crippen molar-refractivity contribution in [2.75, 3.05) is 6.26 Å². The number of fused-ring (bicyclic) bond motifs is 1. The molecule has 0 spiro atoms. The monoisotopic (exact) mass is 448 g/mol. The molecular formula is C17H13BrN4O2S2. The second-order valence-corrected chi connectivity index (χ2v) is 9.72. The number of imidazole rings is 1. The van der Waals surface area contributed by atoms with Gasteiger partial charge in [0, 0.05) is 28.7 Å². The van der Waals surface area contributed by atoms with E-state index >= 15 is 0 Å². The lowest BCUT2D eigenvalue weighted by Crippen LogP contribution is -2.00. The van der Waals surface area contributed by atoms with E-state index in [2.05, 4.69) is 30.9 Å². The number of sulfone groups is 1. The molecule has 132 valence electrons. The zero-order valence-corrected chi connectivity index (χ0v) is 17.1. The van der Waals surface area contributed by atoms with Crippen LogP contribution in [0.2, 0.25) is 0 Å². The number of nitrogens with zero attached hydrogens (tertiary/aromatic N) is 4.